The van der Waals surface area contributed by atoms with Crippen LogP contribution in [0.2, 0.25) is 0 Å². The van der Waals surface area contributed by atoms with Gasteiger partial charge in [-0.15, -0.1) is 11.3 Å². The highest BCUT2D eigenvalue weighted by Gasteiger charge is 2.38. The molecule has 130 valence electrons. The van der Waals surface area contributed by atoms with Crippen LogP contribution < -0.4 is 5.32 Å². The van der Waals surface area contributed by atoms with E-state index in [0.29, 0.717) is 28.2 Å². The van der Waals surface area contributed by atoms with E-state index < -0.39 is 0 Å². The third-order valence-corrected chi connectivity index (χ3v) is 5.87. The molecule has 4 nitrogen and oxygen atoms in total. The van der Waals surface area contributed by atoms with Gasteiger partial charge < -0.3 is 10.2 Å². The molecule has 1 aromatic heterocycles. The van der Waals surface area contributed by atoms with Crippen molar-refractivity contribution in [1.82, 2.24) is 4.90 Å². The first-order valence-corrected chi connectivity index (χ1v) is 9.88. The number of benzene rings is 1. The van der Waals surface area contributed by atoms with Crippen molar-refractivity contribution in [2.45, 2.75) is 50.6 Å². The Bertz CT molecular complexity index is 762. The zero-order chi connectivity index (χ0) is 17.2. The number of thiophene rings is 1. The molecule has 2 amide bonds. The number of rotatable bonds is 5. The molecule has 0 unspecified atom stereocenters. The average molecular weight is 354 g/mol. The van der Waals surface area contributed by atoms with Gasteiger partial charge in [0.05, 0.1) is 4.88 Å². The Kier molecular flexibility index (Phi) is 4.57. The van der Waals surface area contributed by atoms with E-state index in [1.54, 1.807) is 12.1 Å². The maximum absolute atomic E-state index is 13.1. The van der Waals surface area contributed by atoms with E-state index in [9.17, 15) is 9.59 Å². The predicted molar refractivity (Wildman–Crippen MR) is 100 cm³/mol. The summed E-state index contributed by atoms with van der Waals surface area (Å²) in [6.07, 6.45) is 6.93. The van der Waals surface area contributed by atoms with Crippen molar-refractivity contribution in [2.75, 3.05) is 5.32 Å². The lowest BCUT2D eigenvalue weighted by Crippen LogP contribution is -2.40. The van der Waals surface area contributed by atoms with Crippen molar-refractivity contribution in [3.63, 3.8) is 0 Å². The lowest BCUT2D eigenvalue weighted by molar-refractivity contribution is 0.0664. The first kappa shape index (κ1) is 16.3. The molecule has 1 aromatic carbocycles. The molecule has 2 aromatic rings. The highest BCUT2D eigenvalue weighted by molar-refractivity contribution is 7.12. The Morgan fingerprint density at radius 3 is 2.44 bits per heavy atom. The van der Waals surface area contributed by atoms with E-state index >= 15 is 0 Å². The predicted octanol–water partition coefficient (Wildman–Crippen LogP) is 4.55. The van der Waals surface area contributed by atoms with Crippen molar-refractivity contribution < 1.29 is 9.59 Å². The van der Waals surface area contributed by atoms with E-state index in [0.717, 1.165) is 25.7 Å². The summed E-state index contributed by atoms with van der Waals surface area (Å²) in [5.74, 6) is -0.0175. The minimum atomic E-state index is -0.130. The number of carbonyl (C=O) groups is 2. The standard InChI is InChI=1S/C20H22N2O2S/c23-19(18-9-4-12-25-18)21-15-6-3-5-14(13-15)20(24)22(17-10-11-17)16-7-1-2-8-16/h3-6,9,12-13,16-17H,1-2,7-8,10-11H2,(H,21,23). The van der Waals surface area contributed by atoms with Gasteiger partial charge in [-0.3, -0.25) is 9.59 Å². The van der Waals surface area contributed by atoms with Gasteiger partial charge in [-0.25, -0.2) is 0 Å². The Hall–Kier alpha value is -2.14. The van der Waals surface area contributed by atoms with Gasteiger partial charge in [0.1, 0.15) is 0 Å². The normalized spacial score (nSPS) is 17.4. The van der Waals surface area contributed by atoms with Gasteiger partial charge >= 0.3 is 0 Å². The molecule has 5 heteroatoms. The SMILES string of the molecule is O=C(Nc1cccc(C(=O)N(C2CCCC2)C2CC2)c1)c1cccs1. The smallest absolute Gasteiger partial charge is 0.265 e. The summed E-state index contributed by atoms with van der Waals surface area (Å²) in [6.45, 7) is 0. The number of hydrogen-bond acceptors (Lipinski definition) is 3. The second-order valence-corrected chi connectivity index (χ2v) is 7.84. The molecule has 2 saturated carbocycles. The van der Waals surface area contributed by atoms with Crippen molar-refractivity contribution in [1.29, 1.82) is 0 Å². The molecule has 0 saturated heterocycles. The summed E-state index contributed by atoms with van der Waals surface area (Å²) < 4.78 is 0. The molecular weight excluding hydrogens is 332 g/mol. The Balaban J connectivity index is 1.51. The van der Waals surface area contributed by atoms with Crippen molar-refractivity contribution in [2.24, 2.45) is 0 Å². The lowest BCUT2D eigenvalue weighted by Gasteiger charge is -2.29. The fourth-order valence-electron chi connectivity index (χ4n) is 3.64. The molecule has 0 atom stereocenters. The molecule has 2 aliphatic rings. The van der Waals surface area contributed by atoms with E-state index in [1.807, 2.05) is 29.6 Å². The molecule has 0 bridgehead atoms. The fourth-order valence-corrected chi connectivity index (χ4v) is 4.26. The Labute approximate surface area is 151 Å². The third kappa shape index (κ3) is 3.61. The molecule has 1 N–H and O–H groups in total. The second kappa shape index (κ2) is 7.00. The maximum atomic E-state index is 13.1. The van der Waals surface area contributed by atoms with Gasteiger partial charge in [0.2, 0.25) is 0 Å². The topological polar surface area (TPSA) is 49.4 Å². The summed E-state index contributed by atoms with van der Waals surface area (Å²) in [6, 6.07) is 11.8. The van der Waals surface area contributed by atoms with Crippen LogP contribution in [0.15, 0.2) is 41.8 Å². The largest absolute Gasteiger partial charge is 0.333 e. The van der Waals surface area contributed by atoms with Crippen LogP contribution in [0.4, 0.5) is 5.69 Å². The number of anilines is 1. The number of carbonyl (C=O) groups excluding carboxylic acids is 2. The number of amides is 2. The van der Waals surface area contributed by atoms with Gasteiger partial charge in [-0.1, -0.05) is 25.0 Å². The van der Waals surface area contributed by atoms with Crippen LogP contribution in [0.25, 0.3) is 0 Å². The minimum absolute atomic E-state index is 0.113. The van der Waals surface area contributed by atoms with Crippen molar-refractivity contribution >= 4 is 28.8 Å². The van der Waals surface area contributed by atoms with E-state index in [1.165, 1.54) is 24.2 Å². The summed E-state index contributed by atoms with van der Waals surface area (Å²) in [5.41, 5.74) is 1.34. The molecule has 2 aliphatic carbocycles. The lowest BCUT2D eigenvalue weighted by atomic mass is 10.1. The van der Waals surface area contributed by atoms with E-state index in [-0.39, 0.29) is 11.8 Å². The highest BCUT2D eigenvalue weighted by Crippen LogP contribution is 2.35. The fraction of sp³-hybridized carbons (Fsp3) is 0.400. The monoisotopic (exact) mass is 354 g/mol. The summed E-state index contributed by atoms with van der Waals surface area (Å²) >= 11 is 1.41. The van der Waals surface area contributed by atoms with Crippen LogP contribution in [0.1, 0.15) is 58.6 Å². The van der Waals surface area contributed by atoms with Crippen molar-refractivity contribution in [3.05, 3.63) is 52.2 Å². The van der Waals surface area contributed by atoms with Crippen LogP contribution in [-0.4, -0.2) is 28.8 Å². The quantitative estimate of drug-likeness (QED) is 0.856. The molecule has 0 aliphatic heterocycles. The highest BCUT2D eigenvalue weighted by atomic mass is 32.1. The Morgan fingerprint density at radius 1 is 1.00 bits per heavy atom. The molecular formula is C20H22N2O2S. The molecule has 25 heavy (non-hydrogen) atoms. The van der Waals surface area contributed by atoms with Crippen LogP contribution in [0.3, 0.4) is 0 Å². The molecule has 1 heterocycles. The van der Waals surface area contributed by atoms with Gasteiger partial charge in [0.25, 0.3) is 11.8 Å². The molecule has 4 rings (SSSR count). The third-order valence-electron chi connectivity index (χ3n) is 5.01. The van der Waals surface area contributed by atoms with E-state index in [4.69, 9.17) is 0 Å². The first-order chi connectivity index (χ1) is 12.2. The number of hydrogen-bond donors (Lipinski definition) is 1. The van der Waals surface area contributed by atoms with E-state index in [2.05, 4.69) is 10.2 Å². The van der Waals surface area contributed by atoms with Crippen LogP contribution in [0.5, 0.6) is 0 Å². The molecule has 2 fully saturated rings. The molecule has 0 radical (unpaired) electrons. The van der Waals surface area contributed by atoms with Crippen LogP contribution >= 0.6 is 11.3 Å². The Morgan fingerprint density at radius 2 is 1.76 bits per heavy atom. The van der Waals surface area contributed by atoms with Gasteiger partial charge in [-0.2, -0.15) is 0 Å². The van der Waals surface area contributed by atoms with Crippen molar-refractivity contribution in [3.8, 4) is 0 Å². The van der Waals surface area contributed by atoms with Gasteiger partial charge in [0.15, 0.2) is 0 Å². The van der Waals surface area contributed by atoms with Gasteiger partial charge in [-0.05, 0) is 55.3 Å². The maximum Gasteiger partial charge on any atom is 0.265 e. The minimum Gasteiger partial charge on any atom is -0.333 e. The average Bonchev–Trinajstić information content (AvgIpc) is 3.09. The van der Waals surface area contributed by atoms with Crippen LogP contribution in [-0.2, 0) is 0 Å². The summed E-state index contributed by atoms with van der Waals surface area (Å²) in [4.78, 5) is 28.1. The second-order valence-electron chi connectivity index (χ2n) is 6.89. The zero-order valence-corrected chi connectivity index (χ0v) is 14.9. The summed E-state index contributed by atoms with van der Waals surface area (Å²) in [7, 11) is 0. The number of nitrogens with zero attached hydrogens (tertiary/aromatic N) is 1. The summed E-state index contributed by atoms with van der Waals surface area (Å²) in [5, 5.41) is 4.77. The van der Waals surface area contributed by atoms with Crippen LogP contribution in [0, 0.1) is 0 Å². The first-order valence-electron chi connectivity index (χ1n) is 9.00. The number of nitrogens with one attached hydrogen (secondary N) is 1. The van der Waals surface area contributed by atoms with Gasteiger partial charge in [0, 0.05) is 23.3 Å². The molecule has 0 spiro atoms. The zero-order valence-electron chi connectivity index (χ0n) is 14.1.